The molecule has 1 aromatic heterocycles. The second-order valence-corrected chi connectivity index (χ2v) is 4.75. The lowest BCUT2D eigenvalue weighted by Gasteiger charge is -2.18. The molecule has 22 heavy (non-hydrogen) atoms. The summed E-state index contributed by atoms with van der Waals surface area (Å²) in [5, 5.41) is 5.45. The number of allylic oxidation sites excluding steroid dienone is 2. The third-order valence-electron chi connectivity index (χ3n) is 3.29. The molecule has 6 nitrogen and oxygen atoms in total. The summed E-state index contributed by atoms with van der Waals surface area (Å²) in [5.41, 5.74) is 2.94. The molecule has 0 spiro atoms. The molecule has 1 aliphatic heterocycles. The molecule has 3 rings (SSSR count). The van der Waals surface area contributed by atoms with E-state index in [1.165, 1.54) is 5.12 Å². The second kappa shape index (κ2) is 6.28. The van der Waals surface area contributed by atoms with Gasteiger partial charge in [-0.3, -0.25) is 0 Å². The Labute approximate surface area is 128 Å². The van der Waals surface area contributed by atoms with Crippen molar-refractivity contribution in [2.75, 3.05) is 0 Å². The van der Waals surface area contributed by atoms with E-state index >= 15 is 0 Å². The quantitative estimate of drug-likeness (QED) is 0.883. The predicted octanol–water partition coefficient (Wildman–Crippen LogP) is 2.35. The first-order valence-electron chi connectivity index (χ1n) is 6.94. The van der Waals surface area contributed by atoms with Crippen molar-refractivity contribution >= 4 is 5.90 Å². The van der Waals surface area contributed by atoms with Crippen molar-refractivity contribution in [1.82, 2.24) is 14.7 Å². The van der Waals surface area contributed by atoms with Crippen LogP contribution in [0.2, 0.25) is 0 Å². The minimum absolute atomic E-state index is 0.437. The summed E-state index contributed by atoms with van der Waals surface area (Å²) in [6.45, 7) is 2.34. The minimum Gasteiger partial charge on any atom is -0.472 e. The average Bonchev–Trinajstić information content (AvgIpc) is 3.08. The molecule has 0 radical (unpaired) electrons. The first kappa shape index (κ1) is 14.1. The van der Waals surface area contributed by atoms with E-state index in [1.54, 1.807) is 18.6 Å². The highest BCUT2D eigenvalue weighted by molar-refractivity contribution is 5.88. The van der Waals surface area contributed by atoms with Gasteiger partial charge in [0, 0.05) is 24.2 Å². The predicted molar refractivity (Wildman–Crippen MR) is 84.7 cm³/mol. The van der Waals surface area contributed by atoms with Gasteiger partial charge in [-0.2, -0.15) is 5.12 Å². The molecule has 2 aromatic rings. The van der Waals surface area contributed by atoms with E-state index in [1.807, 2.05) is 54.1 Å². The number of imidazole rings is 1. The number of rotatable bonds is 3. The standard InChI is InChI=1S/C16H17N5O/c1-2-14-7-8-16(19-21(14)17)22-11-13-3-5-15(6-4-13)20-10-9-18-12-20/h2-10,12H,11,17H2,1H3/b14-2+. The molecule has 1 aromatic carbocycles. The van der Waals surface area contributed by atoms with Gasteiger partial charge in [0.05, 0.1) is 12.0 Å². The van der Waals surface area contributed by atoms with Gasteiger partial charge < -0.3 is 9.30 Å². The van der Waals surface area contributed by atoms with Gasteiger partial charge in [0.1, 0.15) is 6.61 Å². The molecule has 2 heterocycles. The van der Waals surface area contributed by atoms with Crippen LogP contribution in [0.1, 0.15) is 12.5 Å². The van der Waals surface area contributed by atoms with E-state index in [0.29, 0.717) is 12.5 Å². The maximum absolute atomic E-state index is 5.76. The number of hydrogen-bond acceptors (Lipinski definition) is 5. The molecule has 6 heteroatoms. The molecular formula is C16H17N5O. The highest BCUT2D eigenvalue weighted by atomic mass is 16.5. The SMILES string of the molecule is C/C=C1\C=CC(OCc2ccc(-n3ccnc3)cc2)=NN1N. The van der Waals surface area contributed by atoms with Gasteiger partial charge in [0.2, 0.25) is 5.90 Å². The summed E-state index contributed by atoms with van der Waals surface area (Å²) in [4.78, 5) is 4.03. The number of hydrogen-bond donors (Lipinski definition) is 1. The number of nitrogens with two attached hydrogens (primary N) is 1. The Bertz CT molecular complexity index is 714. The molecule has 0 amide bonds. The van der Waals surface area contributed by atoms with Crippen molar-refractivity contribution in [1.29, 1.82) is 0 Å². The van der Waals surface area contributed by atoms with E-state index in [-0.39, 0.29) is 0 Å². The van der Waals surface area contributed by atoms with Crippen molar-refractivity contribution in [2.24, 2.45) is 10.9 Å². The summed E-state index contributed by atoms with van der Waals surface area (Å²) in [5.74, 6) is 6.25. The van der Waals surface area contributed by atoms with Crippen LogP contribution in [-0.4, -0.2) is 20.6 Å². The average molecular weight is 295 g/mol. The summed E-state index contributed by atoms with van der Waals surface area (Å²) in [6.07, 6.45) is 11.0. The van der Waals surface area contributed by atoms with Crippen LogP contribution in [0.3, 0.4) is 0 Å². The van der Waals surface area contributed by atoms with Gasteiger partial charge in [0.15, 0.2) is 0 Å². The highest BCUT2D eigenvalue weighted by Crippen LogP contribution is 2.12. The highest BCUT2D eigenvalue weighted by Gasteiger charge is 2.09. The van der Waals surface area contributed by atoms with Crippen molar-refractivity contribution in [3.05, 3.63) is 72.5 Å². The first-order chi connectivity index (χ1) is 10.8. The Balaban J connectivity index is 1.62. The zero-order valence-corrected chi connectivity index (χ0v) is 12.3. The molecule has 0 saturated heterocycles. The Morgan fingerprint density at radius 2 is 2.05 bits per heavy atom. The number of ether oxygens (including phenoxy) is 1. The lowest BCUT2D eigenvalue weighted by Crippen LogP contribution is -2.28. The van der Waals surface area contributed by atoms with E-state index in [0.717, 1.165) is 16.9 Å². The largest absolute Gasteiger partial charge is 0.472 e. The van der Waals surface area contributed by atoms with Crippen LogP contribution in [0.5, 0.6) is 0 Å². The Morgan fingerprint density at radius 3 is 2.68 bits per heavy atom. The fourth-order valence-corrected chi connectivity index (χ4v) is 2.07. The number of nitrogens with zero attached hydrogens (tertiary/aromatic N) is 4. The Morgan fingerprint density at radius 1 is 1.23 bits per heavy atom. The van der Waals surface area contributed by atoms with Gasteiger partial charge in [-0.25, -0.2) is 10.8 Å². The van der Waals surface area contributed by atoms with Gasteiger partial charge in [-0.1, -0.05) is 18.2 Å². The number of hydrazine groups is 1. The maximum Gasteiger partial charge on any atom is 0.233 e. The van der Waals surface area contributed by atoms with Crippen LogP contribution >= 0.6 is 0 Å². The first-order valence-corrected chi connectivity index (χ1v) is 6.94. The second-order valence-electron chi connectivity index (χ2n) is 4.75. The molecule has 1 aliphatic rings. The van der Waals surface area contributed by atoms with Gasteiger partial charge >= 0.3 is 0 Å². The fourth-order valence-electron chi connectivity index (χ4n) is 2.07. The van der Waals surface area contributed by atoms with Gasteiger partial charge in [-0.05, 0) is 30.7 Å². The monoisotopic (exact) mass is 295 g/mol. The fraction of sp³-hybridized carbons (Fsp3) is 0.125. The van der Waals surface area contributed by atoms with Crippen LogP contribution in [0.15, 0.2) is 72.0 Å². The maximum atomic E-state index is 5.76. The number of aromatic nitrogens is 2. The van der Waals surface area contributed by atoms with Crippen molar-refractivity contribution in [2.45, 2.75) is 13.5 Å². The van der Waals surface area contributed by atoms with Gasteiger partial charge in [0.25, 0.3) is 0 Å². The smallest absolute Gasteiger partial charge is 0.233 e. The zero-order valence-electron chi connectivity index (χ0n) is 12.3. The van der Waals surface area contributed by atoms with Crippen molar-refractivity contribution in [3.8, 4) is 5.69 Å². The molecule has 0 saturated carbocycles. The molecular weight excluding hydrogens is 278 g/mol. The molecule has 2 N–H and O–H groups in total. The van der Waals surface area contributed by atoms with E-state index in [2.05, 4.69) is 10.1 Å². The van der Waals surface area contributed by atoms with Gasteiger partial charge in [-0.15, -0.1) is 5.10 Å². The van der Waals surface area contributed by atoms with Crippen LogP contribution in [0, 0.1) is 0 Å². The molecule has 0 atom stereocenters. The van der Waals surface area contributed by atoms with E-state index < -0.39 is 0 Å². The summed E-state index contributed by atoms with van der Waals surface area (Å²) in [7, 11) is 0. The van der Waals surface area contributed by atoms with Crippen LogP contribution < -0.4 is 5.84 Å². The van der Waals surface area contributed by atoms with Crippen LogP contribution in [-0.2, 0) is 11.3 Å². The zero-order chi connectivity index (χ0) is 15.4. The summed E-state index contributed by atoms with van der Waals surface area (Å²) in [6, 6.07) is 8.07. The molecule has 0 unspecified atom stereocenters. The van der Waals surface area contributed by atoms with E-state index in [9.17, 15) is 0 Å². The van der Waals surface area contributed by atoms with Crippen molar-refractivity contribution < 1.29 is 4.74 Å². The number of hydrazone groups is 1. The summed E-state index contributed by atoms with van der Waals surface area (Å²) >= 11 is 0. The Hall–Kier alpha value is -2.86. The normalized spacial score (nSPS) is 16.0. The lowest BCUT2D eigenvalue weighted by atomic mass is 10.2. The molecule has 0 bridgehead atoms. The lowest BCUT2D eigenvalue weighted by molar-refractivity contribution is 0.272. The van der Waals surface area contributed by atoms with Crippen LogP contribution in [0.4, 0.5) is 0 Å². The van der Waals surface area contributed by atoms with Crippen LogP contribution in [0.25, 0.3) is 5.69 Å². The third kappa shape index (κ3) is 3.07. The number of benzene rings is 1. The molecule has 0 aliphatic carbocycles. The summed E-state index contributed by atoms with van der Waals surface area (Å²) < 4.78 is 7.61. The molecule has 0 fully saturated rings. The Kier molecular flexibility index (Phi) is 4.02. The van der Waals surface area contributed by atoms with E-state index in [4.69, 9.17) is 10.6 Å². The minimum atomic E-state index is 0.437. The topological polar surface area (TPSA) is 68.7 Å². The molecule has 112 valence electrons. The van der Waals surface area contributed by atoms with Crippen molar-refractivity contribution in [3.63, 3.8) is 0 Å². The third-order valence-corrected chi connectivity index (χ3v) is 3.29.